The van der Waals surface area contributed by atoms with Crippen LogP contribution in [-0.2, 0) is 0 Å². The molecule has 0 aliphatic carbocycles. The van der Waals surface area contributed by atoms with Gasteiger partial charge in [0.25, 0.3) is 0 Å². The van der Waals surface area contributed by atoms with Crippen molar-refractivity contribution in [3.8, 4) is 0 Å². The first kappa shape index (κ1) is 15.4. The van der Waals surface area contributed by atoms with E-state index in [0.717, 1.165) is 31.9 Å². The van der Waals surface area contributed by atoms with Gasteiger partial charge in [0.15, 0.2) is 5.82 Å². The number of hydrogen-bond acceptors (Lipinski definition) is 6. The van der Waals surface area contributed by atoms with Crippen LogP contribution in [0, 0.1) is 0 Å². The molecule has 3 unspecified atom stereocenters. The molecule has 6 heteroatoms. The maximum Gasteiger partial charge on any atom is 0.231 e. The fraction of sp³-hybridized carbons (Fsp3) is 0.857. The normalized spacial score (nSPS) is 25.4. The number of nitrogens with two attached hydrogens (primary N) is 1. The van der Waals surface area contributed by atoms with Gasteiger partial charge in [-0.3, -0.25) is 4.90 Å². The smallest absolute Gasteiger partial charge is 0.231 e. The molecule has 0 spiro atoms. The lowest BCUT2D eigenvalue weighted by atomic mass is 9.99. The van der Waals surface area contributed by atoms with Crippen LogP contribution in [-0.4, -0.2) is 59.7 Å². The van der Waals surface area contributed by atoms with E-state index in [4.69, 9.17) is 10.3 Å². The van der Waals surface area contributed by atoms with Crippen molar-refractivity contribution in [1.82, 2.24) is 19.9 Å². The third-order valence-corrected chi connectivity index (χ3v) is 4.21. The summed E-state index contributed by atoms with van der Waals surface area (Å²) in [5.41, 5.74) is 5.99. The number of rotatable bonds is 4. The summed E-state index contributed by atoms with van der Waals surface area (Å²) in [5, 5.41) is 4.21. The summed E-state index contributed by atoms with van der Waals surface area (Å²) < 4.78 is 5.47. The van der Waals surface area contributed by atoms with Crippen molar-refractivity contribution in [2.75, 3.05) is 33.7 Å². The molecule has 0 radical (unpaired) electrons. The summed E-state index contributed by atoms with van der Waals surface area (Å²) in [7, 11) is 4.27. The van der Waals surface area contributed by atoms with Gasteiger partial charge in [-0.2, -0.15) is 4.98 Å². The average molecular weight is 281 g/mol. The Balaban J connectivity index is 2.18. The molecule has 1 aromatic heterocycles. The predicted molar refractivity (Wildman–Crippen MR) is 78.5 cm³/mol. The molecular formula is C14H27N5O. The summed E-state index contributed by atoms with van der Waals surface area (Å²) in [4.78, 5) is 9.26. The van der Waals surface area contributed by atoms with E-state index in [1.54, 1.807) is 0 Å². The summed E-state index contributed by atoms with van der Waals surface area (Å²) >= 11 is 0. The predicted octanol–water partition coefficient (Wildman–Crippen LogP) is 1.22. The number of hydrogen-bond donors (Lipinski definition) is 1. The van der Waals surface area contributed by atoms with Gasteiger partial charge in [-0.05, 0) is 47.0 Å². The molecule has 1 fully saturated rings. The van der Waals surface area contributed by atoms with Gasteiger partial charge in [0.2, 0.25) is 5.89 Å². The van der Waals surface area contributed by atoms with Crippen LogP contribution in [0.25, 0.3) is 0 Å². The van der Waals surface area contributed by atoms with Crippen molar-refractivity contribution in [3.63, 3.8) is 0 Å². The zero-order chi connectivity index (χ0) is 14.7. The van der Waals surface area contributed by atoms with E-state index in [-0.39, 0.29) is 18.0 Å². The highest BCUT2D eigenvalue weighted by Crippen LogP contribution is 2.25. The number of nitrogens with zero attached hydrogens (tertiary/aromatic N) is 4. The molecule has 0 amide bonds. The molecule has 20 heavy (non-hydrogen) atoms. The number of likely N-dealkylation sites (N-methyl/N-ethyl adjacent to an activating group) is 2. The Morgan fingerprint density at radius 2 is 2.15 bits per heavy atom. The van der Waals surface area contributed by atoms with Gasteiger partial charge in [-0.15, -0.1) is 0 Å². The number of aromatic nitrogens is 2. The van der Waals surface area contributed by atoms with Crippen LogP contribution in [0.3, 0.4) is 0 Å². The van der Waals surface area contributed by atoms with Crippen molar-refractivity contribution >= 4 is 0 Å². The molecule has 1 saturated heterocycles. The van der Waals surface area contributed by atoms with E-state index in [1.165, 1.54) is 6.42 Å². The molecule has 0 saturated carbocycles. The lowest BCUT2D eigenvalue weighted by Gasteiger charge is -2.24. The maximum absolute atomic E-state index is 5.99. The van der Waals surface area contributed by atoms with Crippen molar-refractivity contribution in [2.24, 2.45) is 5.73 Å². The summed E-state index contributed by atoms with van der Waals surface area (Å²) in [6.45, 7) is 7.20. The average Bonchev–Trinajstić information content (AvgIpc) is 2.78. The molecule has 0 bridgehead atoms. The van der Waals surface area contributed by atoms with Crippen LogP contribution < -0.4 is 5.73 Å². The minimum absolute atomic E-state index is 0.0304. The van der Waals surface area contributed by atoms with Crippen LogP contribution in [0.2, 0.25) is 0 Å². The highest BCUT2D eigenvalue weighted by atomic mass is 16.5. The monoisotopic (exact) mass is 281 g/mol. The second-order valence-corrected chi connectivity index (χ2v) is 5.98. The minimum Gasteiger partial charge on any atom is -0.339 e. The van der Waals surface area contributed by atoms with E-state index < -0.39 is 0 Å². The van der Waals surface area contributed by atoms with Gasteiger partial charge in [-0.25, -0.2) is 0 Å². The molecule has 2 N–H and O–H groups in total. The maximum atomic E-state index is 5.99. The SMILES string of the molecule is CCC(c1nc(C2CN(C)CCCN2C)no1)C(C)N. The highest BCUT2D eigenvalue weighted by molar-refractivity contribution is 5.02. The van der Waals surface area contributed by atoms with Gasteiger partial charge in [0.05, 0.1) is 12.0 Å². The first-order chi connectivity index (χ1) is 9.52. The summed E-state index contributed by atoms with van der Waals surface area (Å²) in [6, 6.07) is 0.230. The van der Waals surface area contributed by atoms with E-state index >= 15 is 0 Å². The largest absolute Gasteiger partial charge is 0.339 e. The Morgan fingerprint density at radius 3 is 2.80 bits per heavy atom. The van der Waals surface area contributed by atoms with Crippen molar-refractivity contribution in [2.45, 2.75) is 44.7 Å². The Labute approximate surface area is 121 Å². The third-order valence-electron chi connectivity index (χ3n) is 4.21. The molecule has 2 heterocycles. The van der Waals surface area contributed by atoms with Crippen LogP contribution in [0.1, 0.15) is 50.4 Å². The molecule has 1 aromatic rings. The molecule has 1 aliphatic rings. The van der Waals surface area contributed by atoms with Gasteiger partial charge in [0.1, 0.15) is 0 Å². The van der Waals surface area contributed by atoms with Gasteiger partial charge in [0, 0.05) is 12.6 Å². The van der Waals surface area contributed by atoms with Crippen LogP contribution in [0.4, 0.5) is 0 Å². The van der Waals surface area contributed by atoms with Crippen LogP contribution in [0.15, 0.2) is 4.52 Å². The molecule has 1 aliphatic heterocycles. The Bertz CT molecular complexity index is 419. The van der Waals surface area contributed by atoms with Gasteiger partial charge in [-0.1, -0.05) is 12.1 Å². The molecule has 3 atom stereocenters. The Kier molecular flexibility index (Phi) is 5.12. The minimum atomic E-state index is 0.0304. The zero-order valence-electron chi connectivity index (χ0n) is 13.0. The lowest BCUT2D eigenvalue weighted by Crippen LogP contribution is -2.31. The van der Waals surface area contributed by atoms with Crippen LogP contribution in [0.5, 0.6) is 0 Å². The molecular weight excluding hydrogens is 254 g/mol. The quantitative estimate of drug-likeness (QED) is 0.894. The second-order valence-electron chi connectivity index (χ2n) is 5.98. The van der Waals surface area contributed by atoms with E-state index in [2.05, 4.69) is 41.0 Å². The Morgan fingerprint density at radius 1 is 1.40 bits per heavy atom. The van der Waals surface area contributed by atoms with Gasteiger partial charge >= 0.3 is 0 Å². The standard InChI is InChI=1S/C14H27N5O/c1-5-11(10(2)15)14-16-13(17-20-14)12-9-18(3)7-6-8-19(12)4/h10-12H,5-9,15H2,1-4H3. The zero-order valence-corrected chi connectivity index (χ0v) is 13.0. The second kappa shape index (κ2) is 6.65. The lowest BCUT2D eigenvalue weighted by molar-refractivity contribution is 0.214. The fourth-order valence-electron chi connectivity index (χ4n) is 2.86. The van der Waals surface area contributed by atoms with Crippen molar-refractivity contribution in [1.29, 1.82) is 0 Å². The van der Waals surface area contributed by atoms with E-state index in [9.17, 15) is 0 Å². The van der Waals surface area contributed by atoms with E-state index in [1.807, 2.05) is 6.92 Å². The van der Waals surface area contributed by atoms with Crippen LogP contribution >= 0.6 is 0 Å². The third kappa shape index (κ3) is 3.37. The van der Waals surface area contributed by atoms with Crippen molar-refractivity contribution in [3.05, 3.63) is 11.7 Å². The summed E-state index contributed by atoms with van der Waals surface area (Å²) in [6.07, 6.45) is 2.09. The molecule has 114 valence electrons. The highest BCUT2D eigenvalue weighted by Gasteiger charge is 2.28. The molecule has 2 rings (SSSR count). The first-order valence-corrected chi connectivity index (χ1v) is 7.50. The van der Waals surface area contributed by atoms with Gasteiger partial charge < -0.3 is 15.2 Å². The molecule has 0 aromatic carbocycles. The van der Waals surface area contributed by atoms with Crippen molar-refractivity contribution < 1.29 is 4.52 Å². The molecule has 6 nitrogen and oxygen atoms in total. The Hall–Kier alpha value is -0.980. The topological polar surface area (TPSA) is 71.4 Å². The van der Waals surface area contributed by atoms with E-state index in [0.29, 0.717) is 5.89 Å². The summed E-state index contributed by atoms with van der Waals surface area (Å²) in [5.74, 6) is 1.61. The fourth-order valence-corrected chi connectivity index (χ4v) is 2.86. The first-order valence-electron chi connectivity index (χ1n) is 7.50.